The third kappa shape index (κ3) is 5.09. The molecule has 1 N–H and O–H groups in total. The van der Waals surface area contributed by atoms with E-state index in [1.54, 1.807) is 0 Å². The summed E-state index contributed by atoms with van der Waals surface area (Å²) in [5, 5.41) is 4.31. The van der Waals surface area contributed by atoms with Crippen LogP contribution in [0.1, 0.15) is 26.3 Å². The third-order valence-electron chi connectivity index (χ3n) is 4.57. The molecule has 24 heavy (non-hydrogen) atoms. The SMILES string of the molecule is CC(C)(C)[Si](C)(C)OCc1ccc(Nc2cc(Cl)ccc2Br)cc1. The van der Waals surface area contributed by atoms with E-state index in [4.69, 9.17) is 16.0 Å². The maximum Gasteiger partial charge on any atom is 0.192 e. The molecule has 0 bridgehead atoms. The molecule has 2 rings (SSSR count). The Hall–Kier alpha value is -0.813. The van der Waals surface area contributed by atoms with Crippen LogP contribution in [0.5, 0.6) is 0 Å². The van der Waals surface area contributed by atoms with E-state index < -0.39 is 8.32 Å². The maximum absolute atomic E-state index is 6.27. The van der Waals surface area contributed by atoms with Gasteiger partial charge >= 0.3 is 0 Å². The van der Waals surface area contributed by atoms with Crippen molar-refractivity contribution in [1.29, 1.82) is 0 Å². The molecule has 0 aliphatic rings. The molecule has 0 aromatic heterocycles. The normalized spacial score (nSPS) is 12.3. The van der Waals surface area contributed by atoms with Crippen LogP contribution >= 0.6 is 27.5 Å². The van der Waals surface area contributed by atoms with E-state index in [1.807, 2.05) is 18.2 Å². The summed E-state index contributed by atoms with van der Waals surface area (Å²) in [6.45, 7) is 12.0. The molecule has 0 aliphatic carbocycles. The molecule has 2 nitrogen and oxygen atoms in total. The molecule has 2 aromatic rings. The molecule has 0 fully saturated rings. The van der Waals surface area contributed by atoms with Crippen molar-refractivity contribution in [1.82, 2.24) is 0 Å². The summed E-state index contributed by atoms with van der Waals surface area (Å²) in [6, 6.07) is 14.0. The molecule has 0 unspecified atom stereocenters. The predicted molar refractivity (Wildman–Crippen MR) is 111 cm³/mol. The molecule has 0 amide bonds. The fourth-order valence-electron chi connectivity index (χ4n) is 1.91. The first-order valence-corrected chi connectivity index (χ1v) is 12.1. The average molecular weight is 427 g/mol. The Balaban J connectivity index is 2.02. The minimum absolute atomic E-state index is 0.230. The number of hydrogen-bond acceptors (Lipinski definition) is 2. The molecule has 0 saturated heterocycles. The number of rotatable bonds is 5. The molecule has 130 valence electrons. The molecule has 5 heteroatoms. The van der Waals surface area contributed by atoms with E-state index in [0.29, 0.717) is 11.6 Å². The smallest absolute Gasteiger partial charge is 0.192 e. The monoisotopic (exact) mass is 425 g/mol. The molecule has 0 atom stereocenters. The summed E-state index contributed by atoms with van der Waals surface area (Å²) in [5.74, 6) is 0. The van der Waals surface area contributed by atoms with Crippen molar-refractivity contribution >= 4 is 47.2 Å². The second-order valence-corrected chi connectivity index (χ2v) is 13.6. The highest BCUT2D eigenvalue weighted by atomic mass is 79.9. The Kier molecular flexibility index (Phi) is 6.18. The van der Waals surface area contributed by atoms with Gasteiger partial charge in [0, 0.05) is 15.2 Å². The van der Waals surface area contributed by atoms with Gasteiger partial charge < -0.3 is 9.74 Å². The van der Waals surface area contributed by atoms with Crippen molar-refractivity contribution in [2.45, 2.75) is 45.5 Å². The van der Waals surface area contributed by atoms with Gasteiger partial charge in [-0.05, 0) is 70.0 Å². The maximum atomic E-state index is 6.27. The lowest BCUT2D eigenvalue weighted by Crippen LogP contribution is -2.40. The lowest BCUT2D eigenvalue weighted by Gasteiger charge is -2.36. The fourth-order valence-corrected chi connectivity index (χ4v) is 3.39. The van der Waals surface area contributed by atoms with Crippen molar-refractivity contribution in [3.63, 3.8) is 0 Å². The van der Waals surface area contributed by atoms with E-state index >= 15 is 0 Å². The Morgan fingerprint density at radius 2 is 1.71 bits per heavy atom. The Labute approximate surface area is 159 Å². The van der Waals surface area contributed by atoms with Gasteiger partial charge in [-0.2, -0.15) is 0 Å². The van der Waals surface area contributed by atoms with E-state index in [9.17, 15) is 0 Å². The van der Waals surface area contributed by atoms with Crippen LogP contribution in [0.2, 0.25) is 23.2 Å². The highest BCUT2D eigenvalue weighted by molar-refractivity contribution is 9.10. The van der Waals surface area contributed by atoms with E-state index in [-0.39, 0.29) is 5.04 Å². The van der Waals surface area contributed by atoms with Crippen LogP contribution in [0.15, 0.2) is 46.9 Å². The first kappa shape index (κ1) is 19.5. The van der Waals surface area contributed by atoms with Gasteiger partial charge in [0.2, 0.25) is 0 Å². The Morgan fingerprint density at radius 3 is 2.29 bits per heavy atom. The highest BCUT2D eigenvalue weighted by Gasteiger charge is 2.36. The Morgan fingerprint density at radius 1 is 1.08 bits per heavy atom. The van der Waals surface area contributed by atoms with Gasteiger partial charge in [0.05, 0.1) is 12.3 Å². The second-order valence-electron chi connectivity index (χ2n) is 7.50. The van der Waals surface area contributed by atoms with E-state index in [0.717, 1.165) is 15.8 Å². The van der Waals surface area contributed by atoms with Gasteiger partial charge in [-0.25, -0.2) is 0 Å². The summed E-state index contributed by atoms with van der Waals surface area (Å²) in [5.41, 5.74) is 3.16. The number of hydrogen-bond donors (Lipinski definition) is 1. The summed E-state index contributed by atoms with van der Waals surface area (Å²) in [6.07, 6.45) is 0. The summed E-state index contributed by atoms with van der Waals surface area (Å²) < 4.78 is 7.25. The number of halogens is 2. The molecule has 0 spiro atoms. The van der Waals surface area contributed by atoms with Crippen LogP contribution < -0.4 is 5.32 Å². The van der Waals surface area contributed by atoms with E-state index in [1.165, 1.54) is 5.56 Å². The molecule has 0 radical (unpaired) electrons. The molecule has 0 aliphatic heterocycles. The van der Waals surface area contributed by atoms with Crippen LogP contribution in [-0.2, 0) is 11.0 Å². The van der Waals surface area contributed by atoms with Crippen molar-refractivity contribution in [2.24, 2.45) is 0 Å². The second kappa shape index (κ2) is 7.61. The first-order valence-electron chi connectivity index (χ1n) is 8.03. The zero-order chi connectivity index (χ0) is 18.0. The van der Waals surface area contributed by atoms with Crippen LogP contribution in [0.25, 0.3) is 0 Å². The number of nitrogens with one attached hydrogen (secondary N) is 1. The van der Waals surface area contributed by atoms with Gasteiger partial charge in [-0.15, -0.1) is 0 Å². The fraction of sp³-hybridized carbons (Fsp3) is 0.368. The number of benzene rings is 2. The third-order valence-corrected chi connectivity index (χ3v) is 9.97. The Bertz CT molecular complexity index is 696. The van der Waals surface area contributed by atoms with Crippen LogP contribution in [0, 0.1) is 0 Å². The first-order chi connectivity index (χ1) is 11.1. The lowest BCUT2D eigenvalue weighted by molar-refractivity contribution is 0.276. The van der Waals surface area contributed by atoms with Gasteiger partial charge in [0.1, 0.15) is 0 Å². The van der Waals surface area contributed by atoms with Crippen LogP contribution in [0.4, 0.5) is 11.4 Å². The van der Waals surface area contributed by atoms with Gasteiger partial charge in [0.25, 0.3) is 0 Å². The minimum atomic E-state index is -1.71. The number of anilines is 2. The molecule has 2 aromatic carbocycles. The largest absolute Gasteiger partial charge is 0.413 e. The predicted octanol–water partition coefficient (Wildman–Crippen LogP) is 7.37. The zero-order valence-corrected chi connectivity index (χ0v) is 18.3. The quantitative estimate of drug-likeness (QED) is 0.504. The van der Waals surface area contributed by atoms with Crippen molar-refractivity contribution in [3.8, 4) is 0 Å². The standard InChI is InChI=1S/C19H25BrClNOSi/c1-19(2,3)24(4,5)23-13-14-6-9-16(10-7-14)22-18-12-15(21)8-11-17(18)20/h6-12,22H,13H2,1-5H3. The van der Waals surface area contributed by atoms with Crippen molar-refractivity contribution < 1.29 is 4.43 Å². The summed E-state index contributed by atoms with van der Waals surface area (Å²) >= 11 is 9.59. The van der Waals surface area contributed by atoms with Gasteiger partial charge in [-0.3, -0.25) is 0 Å². The molecule has 0 saturated carbocycles. The van der Waals surface area contributed by atoms with Crippen molar-refractivity contribution in [2.75, 3.05) is 5.32 Å². The van der Waals surface area contributed by atoms with Crippen LogP contribution in [-0.4, -0.2) is 8.32 Å². The molecular weight excluding hydrogens is 402 g/mol. The molecule has 0 heterocycles. The van der Waals surface area contributed by atoms with Gasteiger partial charge in [0.15, 0.2) is 8.32 Å². The average Bonchev–Trinajstić information content (AvgIpc) is 2.49. The lowest BCUT2D eigenvalue weighted by atomic mass is 10.2. The summed E-state index contributed by atoms with van der Waals surface area (Å²) in [7, 11) is -1.71. The highest BCUT2D eigenvalue weighted by Crippen LogP contribution is 2.37. The zero-order valence-electron chi connectivity index (χ0n) is 14.9. The van der Waals surface area contributed by atoms with Crippen LogP contribution in [0.3, 0.4) is 0 Å². The minimum Gasteiger partial charge on any atom is -0.413 e. The molecular formula is C19H25BrClNOSi. The van der Waals surface area contributed by atoms with E-state index in [2.05, 4.69) is 79.4 Å². The topological polar surface area (TPSA) is 21.3 Å². The van der Waals surface area contributed by atoms with Crippen molar-refractivity contribution in [3.05, 3.63) is 57.5 Å². The van der Waals surface area contributed by atoms with Gasteiger partial charge in [-0.1, -0.05) is 44.5 Å². The summed E-state index contributed by atoms with van der Waals surface area (Å²) in [4.78, 5) is 0.